The quantitative estimate of drug-likeness (QED) is 0.316. The lowest BCUT2D eigenvalue weighted by Gasteiger charge is -2.10. The molecule has 0 aliphatic carbocycles. The summed E-state index contributed by atoms with van der Waals surface area (Å²) in [6, 6.07) is 5.75. The zero-order chi connectivity index (χ0) is 18.1. The first kappa shape index (κ1) is 22.3. The van der Waals surface area contributed by atoms with E-state index in [9.17, 15) is 9.18 Å². The minimum atomic E-state index is -0.397. The summed E-state index contributed by atoms with van der Waals surface area (Å²) >= 11 is 1.65. The van der Waals surface area contributed by atoms with Crippen LogP contribution in [-0.4, -0.2) is 29.9 Å². The van der Waals surface area contributed by atoms with Gasteiger partial charge in [0.15, 0.2) is 5.96 Å². The van der Waals surface area contributed by atoms with Crippen LogP contribution in [0.25, 0.3) is 0 Å². The van der Waals surface area contributed by atoms with Gasteiger partial charge < -0.3 is 16.0 Å². The third-order valence-corrected chi connectivity index (χ3v) is 4.33. The van der Waals surface area contributed by atoms with Gasteiger partial charge in [0.05, 0.1) is 6.54 Å². The van der Waals surface area contributed by atoms with E-state index >= 15 is 0 Å². The highest BCUT2D eigenvalue weighted by Gasteiger charge is 2.05. The number of rotatable bonds is 7. The van der Waals surface area contributed by atoms with Gasteiger partial charge >= 0.3 is 0 Å². The Labute approximate surface area is 173 Å². The SMILES string of the molecule is CCNC(=NCC(=O)Nc1cccc(F)c1)NCc1ncc(CC)s1.I. The lowest BCUT2D eigenvalue weighted by Crippen LogP contribution is -2.37. The summed E-state index contributed by atoms with van der Waals surface area (Å²) in [5, 5.41) is 9.80. The van der Waals surface area contributed by atoms with Gasteiger partial charge in [0.25, 0.3) is 0 Å². The molecule has 0 aliphatic rings. The van der Waals surface area contributed by atoms with Crippen molar-refractivity contribution in [3.63, 3.8) is 0 Å². The maximum atomic E-state index is 13.1. The summed E-state index contributed by atoms with van der Waals surface area (Å²) in [5.41, 5.74) is 0.410. The van der Waals surface area contributed by atoms with Crippen LogP contribution in [0.3, 0.4) is 0 Å². The molecule has 1 amide bonds. The molecule has 2 aromatic rings. The largest absolute Gasteiger partial charge is 0.357 e. The van der Waals surface area contributed by atoms with Crippen LogP contribution in [0.4, 0.5) is 10.1 Å². The number of benzene rings is 1. The van der Waals surface area contributed by atoms with Crippen LogP contribution in [0.2, 0.25) is 0 Å². The molecule has 9 heteroatoms. The molecule has 26 heavy (non-hydrogen) atoms. The molecule has 0 radical (unpaired) electrons. The van der Waals surface area contributed by atoms with Gasteiger partial charge in [-0.25, -0.2) is 14.4 Å². The second-order valence-electron chi connectivity index (χ2n) is 5.18. The number of aryl methyl sites for hydroxylation is 1. The lowest BCUT2D eigenvalue weighted by atomic mass is 10.3. The minimum Gasteiger partial charge on any atom is -0.357 e. The summed E-state index contributed by atoms with van der Waals surface area (Å²) in [6.45, 7) is 5.19. The molecule has 1 aromatic heterocycles. The van der Waals surface area contributed by atoms with Crippen molar-refractivity contribution in [1.82, 2.24) is 15.6 Å². The van der Waals surface area contributed by atoms with Crippen LogP contribution < -0.4 is 16.0 Å². The van der Waals surface area contributed by atoms with Crippen molar-refractivity contribution in [1.29, 1.82) is 0 Å². The Kier molecular flexibility index (Phi) is 10.1. The third kappa shape index (κ3) is 7.65. The van der Waals surface area contributed by atoms with Crippen molar-refractivity contribution in [3.05, 3.63) is 46.2 Å². The van der Waals surface area contributed by atoms with Gasteiger partial charge in [-0.05, 0) is 31.5 Å². The Hall–Kier alpha value is -1.75. The Morgan fingerprint density at radius 1 is 1.31 bits per heavy atom. The zero-order valence-corrected chi connectivity index (χ0v) is 17.9. The van der Waals surface area contributed by atoms with E-state index in [0.29, 0.717) is 24.7 Å². The molecule has 2 rings (SSSR count). The van der Waals surface area contributed by atoms with E-state index in [4.69, 9.17) is 0 Å². The highest BCUT2D eigenvalue weighted by Crippen LogP contribution is 2.12. The van der Waals surface area contributed by atoms with E-state index in [1.54, 1.807) is 23.5 Å². The topological polar surface area (TPSA) is 78.4 Å². The van der Waals surface area contributed by atoms with E-state index in [1.807, 2.05) is 13.1 Å². The molecule has 0 saturated carbocycles. The van der Waals surface area contributed by atoms with Crippen molar-refractivity contribution >= 4 is 52.9 Å². The number of hydrogen-bond acceptors (Lipinski definition) is 4. The summed E-state index contributed by atoms with van der Waals surface area (Å²) in [4.78, 5) is 21.7. The molecule has 0 fully saturated rings. The lowest BCUT2D eigenvalue weighted by molar-refractivity contribution is -0.114. The molecule has 0 unspecified atom stereocenters. The number of amides is 1. The highest BCUT2D eigenvalue weighted by molar-refractivity contribution is 14.0. The number of halogens is 2. The van der Waals surface area contributed by atoms with Crippen molar-refractivity contribution in [2.24, 2.45) is 4.99 Å². The maximum Gasteiger partial charge on any atom is 0.246 e. The van der Waals surface area contributed by atoms with Crippen molar-refractivity contribution in [3.8, 4) is 0 Å². The second-order valence-corrected chi connectivity index (χ2v) is 6.38. The van der Waals surface area contributed by atoms with Gasteiger partial charge in [0, 0.05) is 23.3 Å². The molecular weight excluding hydrogens is 468 g/mol. The molecule has 142 valence electrons. The van der Waals surface area contributed by atoms with E-state index < -0.39 is 5.82 Å². The summed E-state index contributed by atoms with van der Waals surface area (Å²) in [5.74, 6) is -0.179. The van der Waals surface area contributed by atoms with E-state index in [0.717, 1.165) is 11.4 Å². The van der Waals surface area contributed by atoms with Crippen LogP contribution in [-0.2, 0) is 17.8 Å². The van der Waals surface area contributed by atoms with E-state index in [2.05, 4.69) is 32.9 Å². The van der Waals surface area contributed by atoms with Gasteiger partial charge in [0.1, 0.15) is 17.4 Å². The standard InChI is InChI=1S/C17H22FN5OS.HI/c1-3-14-9-20-16(25-14)11-22-17(19-4-2)21-10-15(24)23-13-7-5-6-12(18)8-13;/h5-9H,3-4,10-11H2,1-2H3,(H,23,24)(H2,19,21,22);1H. The molecule has 0 atom stereocenters. The van der Waals surface area contributed by atoms with Crippen molar-refractivity contribution < 1.29 is 9.18 Å². The van der Waals surface area contributed by atoms with Gasteiger partial charge in [-0.15, -0.1) is 35.3 Å². The number of carbonyl (C=O) groups excluding carboxylic acids is 1. The Morgan fingerprint density at radius 2 is 2.12 bits per heavy atom. The van der Waals surface area contributed by atoms with Gasteiger partial charge in [-0.3, -0.25) is 4.79 Å². The number of carbonyl (C=O) groups is 1. The Bertz CT molecular complexity index is 737. The van der Waals surface area contributed by atoms with Gasteiger partial charge in [0.2, 0.25) is 5.91 Å². The fraction of sp³-hybridized carbons (Fsp3) is 0.353. The first-order valence-electron chi connectivity index (χ1n) is 8.12. The van der Waals surface area contributed by atoms with Crippen molar-refractivity contribution in [2.45, 2.75) is 26.8 Å². The number of guanidine groups is 1. The number of thiazole rings is 1. The van der Waals surface area contributed by atoms with Crippen molar-refractivity contribution in [2.75, 3.05) is 18.4 Å². The van der Waals surface area contributed by atoms with Crippen LogP contribution in [0.5, 0.6) is 0 Å². The number of hydrogen-bond donors (Lipinski definition) is 3. The summed E-state index contributed by atoms with van der Waals surface area (Å²) in [6.07, 6.45) is 2.84. The number of anilines is 1. The number of aliphatic imine (C=N–C) groups is 1. The summed E-state index contributed by atoms with van der Waals surface area (Å²) < 4.78 is 13.1. The van der Waals surface area contributed by atoms with E-state index in [1.165, 1.54) is 17.0 Å². The molecule has 0 aliphatic heterocycles. The number of aromatic nitrogens is 1. The smallest absolute Gasteiger partial charge is 0.246 e. The van der Waals surface area contributed by atoms with Crippen LogP contribution in [0, 0.1) is 5.82 Å². The monoisotopic (exact) mass is 491 g/mol. The van der Waals surface area contributed by atoms with Crippen LogP contribution >= 0.6 is 35.3 Å². The zero-order valence-electron chi connectivity index (χ0n) is 14.7. The molecule has 0 saturated heterocycles. The normalized spacial score (nSPS) is 10.8. The van der Waals surface area contributed by atoms with Gasteiger partial charge in [-0.1, -0.05) is 13.0 Å². The molecule has 3 N–H and O–H groups in total. The number of nitrogens with zero attached hydrogens (tertiary/aromatic N) is 2. The minimum absolute atomic E-state index is 0. The highest BCUT2D eigenvalue weighted by atomic mass is 127. The van der Waals surface area contributed by atoms with Gasteiger partial charge in [-0.2, -0.15) is 0 Å². The molecule has 0 spiro atoms. The number of nitrogens with one attached hydrogen (secondary N) is 3. The molecule has 6 nitrogen and oxygen atoms in total. The fourth-order valence-electron chi connectivity index (χ4n) is 2.01. The first-order valence-corrected chi connectivity index (χ1v) is 8.93. The predicted molar refractivity (Wildman–Crippen MR) is 115 cm³/mol. The third-order valence-electron chi connectivity index (χ3n) is 3.19. The molecule has 1 heterocycles. The predicted octanol–water partition coefficient (Wildman–Crippen LogP) is 3.16. The molecular formula is C17H23FIN5OS. The second kappa shape index (κ2) is 11.8. The first-order chi connectivity index (χ1) is 12.1. The average molecular weight is 491 g/mol. The van der Waals surface area contributed by atoms with Crippen LogP contribution in [0.1, 0.15) is 23.7 Å². The Morgan fingerprint density at radius 3 is 2.77 bits per heavy atom. The maximum absolute atomic E-state index is 13.1. The van der Waals surface area contributed by atoms with E-state index in [-0.39, 0.29) is 36.4 Å². The average Bonchev–Trinajstić information content (AvgIpc) is 3.05. The summed E-state index contributed by atoms with van der Waals surface area (Å²) in [7, 11) is 0. The Balaban J connectivity index is 0.00000338. The molecule has 0 bridgehead atoms. The van der Waals surface area contributed by atoms with Crippen LogP contribution in [0.15, 0.2) is 35.5 Å². The molecule has 1 aromatic carbocycles. The fourth-order valence-corrected chi connectivity index (χ4v) is 2.81.